The molecule has 0 amide bonds. The molecule has 6 heteroatoms. The number of ketones is 1. The first-order valence-electron chi connectivity index (χ1n) is 10.3. The van der Waals surface area contributed by atoms with Gasteiger partial charge in [0.15, 0.2) is 5.78 Å². The third-order valence-electron chi connectivity index (χ3n) is 5.87. The summed E-state index contributed by atoms with van der Waals surface area (Å²) in [6, 6.07) is 7.56. The van der Waals surface area contributed by atoms with E-state index in [4.69, 9.17) is 14.2 Å². The highest BCUT2D eigenvalue weighted by atomic mass is 16.6. The molecule has 0 saturated carbocycles. The largest absolute Gasteiger partial charge is 0.496 e. The van der Waals surface area contributed by atoms with E-state index in [2.05, 4.69) is 5.32 Å². The lowest BCUT2D eigenvalue weighted by molar-refractivity contribution is -0.142. The molecule has 2 aliphatic heterocycles. The van der Waals surface area contributed by atoms with Crippen molar-refractivity contribution >= 4 is 11.8 Å². The van der Waals surface area contributed by atoms with Crippen LogP contribution in [0.3, 0.4) is 0 Å². The van der Waals surface area contributed by atoms with Crippen LogP contribution in [-0.2, 0) is 19.1 Å². The molecule has 154 valence electrons. The van der Waals surface area contributed by atoms with Crippen LogP contribution in [0.25, 0.3) is 0 Å². The molecule has 3 aliphatic rings. The highest BCUT2D eigenvalue weighted by molar-refractivity contribution is 6.04. The average molecular weight is 397 g/mol. The van der Waals surface area contributed by atoms with Crippen molar-refractivity contribution in [1.82, 2.24) is 5.32 Å². The monoisotopic (exact) mass is 397 g/mol. The number of nitrogens with one attached hydrogen (secondary N) is 1. The zero-order chi connectivity index (χ0) is 20.4. The first kappa shape index (κ1) is 19.7. The minimum Gasteiger partial charge on any atom is -0.496 e. The van der Waals surface area contributed by atoms with Crippen molar-refractivity contribution in [3.8, 4) is 5.75 Å². The third-order valence-corrected chi connectivity index (χ3v) is 5.87. The third kappa shape index (κ3) is 3.81. The Labute approximate surface area is 170 Å². The van der Waals surface area contributed by atoms with Crippen molar-refractivity contribution in [2.24, 2.45) is 0 Å². The van der Waals surface area contributed by atoms with E-state index in [-0.39, 0.29) is 18.5 Å². The Hall–Kier alpha value is -2.60. The number of allylic oxidation sites excluding steroid dienone is 3. The molecule has 1 N–H and O–H groups in total. The Kier molecular flexibility index (Phi) is 5.72. The van der Waals surface area contributed by atoms with Crippen LogP contribution >= 0.6 is 0 Å². The number of Topliss-reactive ketones (excluding diaryl/α,β-unsaturated/α-hetero) is 1. The fourth-order valence-electron chi connectivity index (χ4n) is 4.49. The molecule has 2 heterocycles. The van der Waals surface area contributed by atoms with Crippen LogP contribution in [0.15, 0.2) is 46.8 Å². The van der Waals surface area contributed by atoms with E-state index in [0.717, 1.165) is 42.6 Å². The fraction of sp³-hybridized carbons (Fsp3) is 0.478. The van der Waals surface area contributed by atoms with Crippen molar-refractivity contribution in [3.63, 3.8) is 0 Å². The highest BCUT2D eigenvalue weighted by Crippen LogP contribution is 2.45. The van der Waals surface area contributed by atoms with Crippen molar-refractivity contribution in [2.45, 2.75) is 51.0 Å². The molecule has 0 bridgehead atoms. The molecule has 29 heavy (non-hydrogen) atoms. The van der Waals surface area contributed by atoms with E-state index in [1.54, 1.807) is 7.11 Å². The van der Waals surface area contributed by atoms with Gasteiger partial charge in [-0.25, -0.2) is 4.79 Å². The number of hydrogen-bond acceptors (Lipinski definition) is 6. The molecule has 0 radical (unpaired) electrons. The van der Waals surface area contributed by atoms with E-state index in [0.29, 0.717) is 29.9 Å². The van der Waals surface area contributed by atoms with Gasteiger partial charge in [0.25, 0.3) is 0 Å². The van der Waals surface area contributed by atoms with Gasteiger partial charge in [-0.2, -0.15) is 0 Å². The number of esters is 1. The summed E-state index contributed by atoms with van der Waals surface area (Å²) >= 11 is 0. The highest BCUT2D eigenvalue weighted by Gasteiger charge is 2.40. The van der Waals surface area contributed by atoms with E-state index in [1.807, 2.05) is 31.2 Å². The van der Waals surface area contributed by atoms with Crippen LogP contribution in [0.5, 0.6) is 5.75 Å². The van der Waals surface area contributed by atoms with Gasteiger partial charge in [0.2, 0.25) is 0 Å². The van der Waals surface area contributed by atoms with Crippen molar-refractivity contribution in [3.05, 3.63) is 52.4 Å². The van der Waals surface area contributed by atoms with E-state index in [9.17, 15) is 9.59 Å². The first-order valence-corrected chi connectivity index (χ1v) is 10.3. The molecule has 1 aliphatic carbocycles. The minimum absolute atomic E-state index is 0.0489. The minimum atomic E-state index is -0.493. The maximum Gasteiger partial charge on any atom is 0.336 e. The molecule has 0 unspecified atom stereocenters. The van der Waals surface area contributed by atoms with Crippen LogP contribution in [0.1, 0.15) is 50.5 Å². The van der Waals surface area contributed by atoms with Gasteiger partial charge < -0.3 is 19.5 Å². The maximum atomic E-state index is 13.2. The summed E-state index contributed by atoms with van der Waals surface area (Å²) in [5.74, 6) is -0.174. The predicted molar refractivity (Wildman–Crippen MR) is 107 cm³/mol. The van der Waals surface area contributed by atoms with Crippen LogP contribution in [0.4, 0.5) is 0 Å². The number of para-hydroxylation sites is 1. The summed E-state index contributed by atoms with van der Waals surface area (Å²) in [6.45, 7) is 2.81. The van der Waals surface area contributed by atoms with E-state index < -0.39 is 11.9 Å². The molecular formula is C23H27NO5. The second-order valence-electron chi connectivity index (χ2n) is 7.74. The SMILES string of the molecule is COc1ccccc1[C@@H]1C(C(=O)OC[C@H]2CCCO2)=C(C)NC2=C1C(=O)CCC2. The van der Waals surface area contributed by atoms with Gasteiger partial charge in [-0.1, -0.05) is 18.2 Å². The summed E-state index contributed by atoms with van der Waals surface area (Å²) in [6.07, 6.45) is 3.93. The number of carbonyl (C=O) groups is 2. The lowest BCUT2D eigenvalue weighted by Crippen LogP contribution is -2.35. The number of rotatable bonds is 5. The maximum absolute atomic E-state index is 13.2. The second-order valence-corrected chi connectivity index (χ2v) is 7.74. The Bertz CT molecular complexity index is 879. The van der Waals surface area contributed by atoms with E-state index in [1.165, 1.54) is 0 Å². The molecular weight excluding hydrogens is 370 g/mol. The fourth-order valence-corrected chi connectivity index (χ4v) is 4.49. The number of hydrogen-bond donors (Lipinski definition) is 1. The summed E-state index contributed by atoms with van der Waals surface area (Å²) in [7, 11) is 1.60. The topological polar surface area (TPSA) is 73.9 Å². The lowest BCUT2D eigenvalue weighted by Gasteiger charge is -2.34. The smallest absolute Gasteiger partial charge is 0.336 e. The van der Waals surface area contributed by atoms with Crippen molar-refractivity contribution in [2.75, 3.05) is 20.3 Å². The van der Waals surface area contributed by atoms with Gasteiger partial charge in [0, 0.05) is 35.6 Å². The van der Waals surface area contributed by atoms with Crippen LogP contribution in [0.2, 0.25) is 0 Å². The average Bonchev–Trinajstić information content (AvgIpc) is 3.25. The molecule has 6 nitrogen and oxygen atoms in total. The zero-order valence-corrected chi connectivity index (χ0v) is 17.0. The molecule has 2 atom stereocenters. The molecule has 0 aromatic heterocycles. The molecule has 4 rings (SSSR count). The van der Waals surface area contributed by atoms with Gasteiger partial charge in [0.05, 0.1) is 24.7 Å². The number of ether oxygens (including phenoxy) is 3. The van der Waals surface area contributed by atoms with Gasteiger partial charge in [-0.3, -0.25) is 4.79 Å². The van der Waals surface area contributed by atoms with Gasteiger partial charge in [0.1, 0.15) is 12.4 Å². The zero-order valence-electron chi connectivity index (χ0n) is 17.0. The molecule has 0 spiro atoms. The Morgan fingerprint density at radius 3 is 2.83 bits per heavy atom. The summed E-state index contributed by atoms with van der Waals surface area (Å²) in [5.41, 5.74) is 3.58. The molecule has 1 saturated heterocycles. The van der Waals surface area contributed by atoms with Gasteiger partial charge in [-0.15, -0.1) is 0 Å². The van der Waals surface area contributed by atoms with Crippen molar-refractivity contribution < 1.29 is 23.8 Å². The molecule has 1 fully saturated rings. The van der Waals surface area contributed by atoms with Crippen molar-refractivity contribution in [1.29, 1.82) is 0 Å². The number of methoxy groups -OCH3 is 1. The summed E-state index contributed by atoms with van der Waals surface area (Å²) < 4.78 is 16.8. The van der Waals surface area contributed by atoms with Gasteiger partial charge >= 0.3 is 5.97 Å². The van der Waals surface area contributed by atoms with E-state index >= 15 is 0 Å². The molecule has 1 aromatic rings. The van der Waals surface area contributed by atoms with Crippen LogP contribution in [-0.4, -0.2) is 38.2 Å². The predicted octanol–water partition coefficient (Wildman–Crippen LogP) is 3.39. The second kappa shape index (κ2) is 8.41. The summed E-state index contributed by atoms with van der Waals surface area (Å²) in [4.78, 5) is 26.1. The normalized spacial score (nSPS) is 24.3. The quantitative estimate of drug-likeness (QED) is 0.768. The Morgan fingerprint density at radius 1 is 1.24 bits per heavy atom. The van der Waals surface area contributed by atoms with Crippen LogP contribution < -0.4 is 10.1 Å². The number of carbonyl (C=O) groups excluding carboxylic acids is 2. The standard InChI is InChI=1S/C23H27NO5/c1-14-20(23(26)29-13-15-7-6-12-28-15)21(16-8-3-4-11-19(16)27-2)22-17(24-14)9-5-10-18(22)25/h3-4,8,11,15,21,24H,5-7,9-10,12-13H2,1-2H3/t15-,21-/m1/s1. The Balaban J connectivity index is 1.73. The number of dihydropyridines is 1. The number of benzene rings is 1. The first-order chi connectivity index (χ1) is 14.1. The summed E-state index contributed by atoms with van der Waals surface area (Å²) in [5, 5.41) is 3.31. The van der Waals surface area contributed by atoms with Gasteiger partial charge in [-0.05, 0) is 38.7 Å². The Morgan fingerprint density at radius 2 is 2.07 bits per heavy atom. The molecule has 1 aromatic carbocycles. The van der Waals surface area contributed by atoms with Crippen LogP contribution in [0, 0.1) is 0 Å². The lowest BCUT2D eigenvalue weighted by atomic mass is 9.75.